The molecular formula is C36H71NO4. The molecule has 3 atom stereocenters. The zero-order valence-electron chi connectivity index (χ0n) is 27.4. The number of rotatable bonds is 32. The summed E-state index contributed by atoms with van der Waals surface area (Å²) in [5.74, 6) is -0.300. The van der Waals surface area contributed by atoms with Crippen molar-refractivity contribution in [2.45, 2.75) is 205 Å². The average molecular weight is 582 g/mol. The minimum Gasteiger partial charge on any atom is -0.394 e. The van der Waals surface area contributed by atoms with E-state index in [1.54, 1.807) is 0 Å². The molecule has 0 aliphatic heterocycles. The number of nitrogens with one attached hydrogen (secondary N) is 1. The predicted octanol–water partition coefficient (Wildman–Crippen LogP) is 9.31. The number of allylic oxidation sites excluding steroid dienone is 2. The van der Waals surface area contributed by atoms with Gasteiger partial charge in [-0.25, -0.2) is 0 Å². The van der Waals surface area contributed by atoms with Gasteiger partial charge in [-0.05, 0) is 38.5 Å². The molecule has 0 aliphatic carbocycles. The molecule has 4 N–H and O–H groups in total. The molecule has 0 aromatic carbocycles. The normalized spacial score (nSPS) is 14.0. The molecule has 0 aliphatic rings. The van der Waals surface area contributed by atoms with Gasteiger partial charge in [-0.3, -0.25) is 4.79 Å². The predicted molar refractivity (Wildman–Crippen MR) is 176 cm³/mol. The van der Waals surface area contributed by atoms with E-state index in [4.69, 9.17) is 0 Å². The van der Waals surface area contributed by atoms with Crippen molar-refractivity contribution < 1.29 is 20.1 Å². The van der Waals surface area contributed by atoms with Crippen LogP contribution in [0.4, 0.5) is 0 Å². The van der Waals surface area contributed by atoms with E-state index in [1.165, 1.54) is 122 Å². The van der Waals surface area contributed by atoms with Crippen molar-refractivity contribution in [2.24, 2.45) is 0 Å². The molecule has 1 amide bonds. The van der Waals surface area contributed by atoms with Crippen LogP contribution in [0.2, 0.25) is 0 Å². The summed E-state index contributed by atoms with van der Waals surface area (Å²) in [7, 11) is 0. The Morgan fingerprint density at radius 2 is 1.00 bits per heavy atom. The molecule has 0 aromatic heterocycles. The first-order valence-electron chi connectivity index (χ1n) is 18.0. The Kier molecular flexibility index (Phi) is 31.3. The summed E-state index contributed by atoms with van der Waals surface area (Å²) >= 11 is 0. The quantitative estimate of drug-likeness (QED) is 0.0471. The summed E-state index contributed by atoms with van der Waals surface area (Å²) in [6.45, 7) is 4.22. The van der Waals surface area contributed by atoms with Gasteiger partial charge in [0.25, 0.3) is 0 Å². The largest absolute Gasteiger partial charge is 0.394 e. The fraction of sp³-hybridized carbons (Fsp3) is 0.917. The van der Waals surface area contributed by atoms with Gasteiger partial charge >= 0.3 is 0 Å². The first-order chi connectivity index (χ1) is 20.0. The van der Waals surface area contributed by atoms with Gasteiger partial charge in [-0.2, -0.15) is 0 Å². The third kappa shape index (κ3) is 29.0. The van der Waals surface area contributed by atoms with Crippen LogP contribution >= 0.6 is 0 Å². The van der Waals surface area contributed by atoms with Crippen LogP contribution < -0.4 is 5.32 Å². The summed E-state index contributed by atoms with van der Waals surface area (Å²) in [5, 5.41) is 33.1. The van der Waals surface area contributed by atoms with E-state index in [9.17, 15) is 20.1 Å². The summed E-state index contributed by atoms with van der Waals surface area (Å²) in [4.78, 5) is 12.3. The van der Waals surface area contributed by atoms with Crippen molar-refractivity contribution in [3.63, 3.8) is 0 Å². The highest BCUT2D eigenvalue weighted by Gasteiger charge is 2.21. The van der Waals surface area contributed by atoms with Gasteiger partial charge in [0.2, 0.25) is 5.91 Å². The Morgan fingerprint density at radius 1 is 0.585 bits per heavy atom. The summed E-state index contributed by atoms with van der Waals surface area (Å²) < 4.78 is 0. The number of aliphatic hydroxyl groups is 3. The Morgan fingerprint density at radius 3 is 1.46 bits per heavy atom. The third-order valence-corrected chi connectivity index (χ3v) is 8.33. The van der Waals surface area contributed by atoms with Crippen LogP contribution in [-0.4, -0.2) is 46.1 Å². The number of carbonyl (C=O) groups is 1. The number of carbonyl (C=O) groups excluding carboxylic acids is 1. The Labute approximate surface area is 255 Å². The molecule has 41 heavy (non-hydrogen) atoms. The maximum atomic E-state index is 12.3. The van der Waals surface area contributed by atoms with Crippen LogP contribution in [0.1, 0.15) is 187 Å². The molecule has 3 unspecified atom stereocenters. The Hall–Kier alpha value is -0.910. The fourth-order valence-electron chi connectivity index (χ4n) is 5.52. The van der Waals surface area contributed by atoms with E-state index in [1.807, 2.05) is 0 Å². The van der Waals surface area contributed by atoms with E-state index in [0.29, 0.717) is 12.8 Å². The topological polar surface area (TPSA) is 89.8 Å². The van der Waals surface area contributed by atoms with Crippen molar-refractivity contribution in [2.75, 3.05) is 6.61 Å². The molecule has 0 fully saturated rings. The van der Waals surface area contributed by atoms with Crippen LogP contribution in [-0.2, 0) is 4.79 Å². The highest BCUT2D eigenvalue weighted by atomic mass is 16.3. The van der Waals surface area contributed by atoms with Gasteiger partial charge in [-0.15, -0.1) is 0 Å². The summed E-state index contributed by atoms with van der Waals surface area (Å²) in [6.07, 6.45) is 34.5. The Balaban J connectivity index is 3.71. The van der Waals surface area contributed by atoms with Crippen LogP contribution in [0.25, 0.3) is 0 Å². The maximum Gasteiger partial charge on any atom is 0.222 e. The highest BCUT2D eigenvalue weighted by Crippen LogP contribution is 2.15. The first-order valence-corrected chi connectivity index (χ1v) is 18.0. The number of aliphatic hydroxyl groups excluding tert-OH is 3. The second-order valence-electron chi connectivity index (χ2n) is 12.5. The van der Waals surface area contributed by atoms with Crippen molar-refractivity contribution >= 4 is 5.91 Å². The number of hydrogen-bond acceptors (Lipinski definition) is 4. The standard InChI is InChI=1S/C36H71NO4/c1-3-5-7-9-11-13-15-16-17-18-20-22-24-26-28-30-35(40)34(32-38)37-36(41)31-33(39)29-27-25-23-21-19-14-12-10-8-6-4-2/h21,23,33-35,38-40H,3-20,22,24-32H2,1-2H3,(H,37,41)/b23-21-. The molecule has 244 valence electrons. The van der Waals surface area contributed by atoms with Crippen LogP contribution in [0, 0.1) is 0 Å². The second-order valence-corrected chi connectivity index (χ2v) is 12.5. The highest BCUT2D eigenvalue weighted by molar-refractivity contribution is 5.76. The molecule has 0 aromatic rings. The third-order valence-electron chi connectivity index (χ3n) is 8.33. The van der Waals surface area contributed by atoms with Crippen LogP contribution in [0.15, 0.2) is 12.2 Å². The molecule has 0 rings (SSSR count). The van der Waals surface area contributed by atoms with E-state index in [2.05, 4.69) is 31.3 Å². The van der Waals surface area contributed by atoms with E-state index in [0.717, 1.165) is 32.1 Å². The second kappa shape index (κ2) is 32.0. The van der Waals surface area contributed by atoms with Gasteiger partial charge in [0.1, 0.15) is 0 Å². The Bertz CT molecular complexity index is 568. The van der Waals surface area contributed by atoms with E-state index in [-0.39, 0.29) is 18.9 Å². The molecule has 0 saturated carbocycles. The van der Waals surface area contributed by atoms with Crippen LogP contribution in [0.5, 0.6) is 0 Å². The molecule has 0 bridgehead atoms. The summed E-state index contributed by atoms with van der Waals surface area (Å²) in [6, 6.07) is -0.661. The number of amides is 1. The minimum atomic E-state index is -0.750. The maximum absolute atomic E-state index is 12.3. The monoisotopic (exact) mass is 582 g/mol. The van der Waals surface area contributed by atoms with Crippen molar-refractivity contribution in [3.8, 4) is 0 Å². The first kappa shape index (κ1) is 40.1. The van der Waals surface area contributed by atoms with Gasteiger partial charge < -0.3 is 20.6 Å². The van der Waals surface area contributed by atoms with Gasteiger partial charge in [0.05, 0.1) is 31.3 Å². The SMILES string of the molecule is CCCCCCCC/C=C\CCCC(O)CC(=O)NC(CO)C(O)CCCCCCCCCCCCCCCCC. The van der Waals surface area contributed by atoms with Gasteiger partial charge in [0, 0.05) is 0 Å². The smallest absolute Gasteiger partial charge is 0.222 e. The lowest BCUT2D eigenvalue weighted by Crippen LogP contribution is -2.46. The van der Waals surface area contributed by atoms with Crippen molar-refractivity contribution in [1.82, 2.24) is 5.32 Å². The number of hydrogen-bond donors (Lipinski definition) is 4. The minimum absolute atomic E-state index is 0.0175. The zero-order chi connectivity index (χ0) is 30.2. The molecular weight excluding hydrogens is 510 g/mol. The lowest BCUT2D eigenvalue weighted by atomic mass is 10.0. The molecule has 5 heteroatoms. The molecule has 0 saturated heterocycles. The molecule has 0 radical (unpaired) electrons. The van der Waals surface area contributed by atoms with Crippen molar-refractivity contribution in [3.05, 3.63) is 12.2 Å². The average Bonchev–Trinajstić information content (AvgIpc) is 2.96. The number of unbranched alkanes of at least 4 members (excludes halogenated alkanes) is 21. The van der Waals surface area contributed by atoms with E-state index < -0.39 is 18.2 Å². The molecule has 0 spiro atoms. The zero-order valence-corrected chi connectivity index (χ0v) is 27.4. The fourth-order valence-corrected chi connectivity index (χ4v) is 5.52. The van der Waals surface area contributed by atoms with Gasteiger partial charge in [-0.1, -0.05) is 154 Å². The lowest BCUT2D eigenvalue weighted by Gasteiger charge is -2.23. The lowest BCUT2D eigenvalue weighted by molar-refractivity contribution is -0.125. The van der Waals surface area contributed by atoms with Crippen LogP contribution in [0.3, 0.4) is 0 Å². The molecule has 5 nitrogen and oxygen atoms in total. The molecule has 0 heterocycles. The summed E-state index contributed by atoms with van der Waals surface area (Å²) in [5.41, 5.74) is 0. The van der Waals surface area contributed by atoms with Crippen molar-refractivity contribution in [1.29, 1.82) is 0 Å². The van der Waals surface area contributed by atoms with E-state index >= 15 is 0 Å². The van der Waals surface area contributed by atoms with Gasteiger partial charge in [0.15, 0.2) is 0 Å².